The van der Waals surface area contributed by atoms with Crippen LogP contribution in [-0.2, 0) is 25.3 Å². The molecule has 2 atom stereocenters. The van der Waals surface area contributed by atoms with Crippen molar-refractivity contribution in [2.24, 2.45) is 0 Å². The number of hydrogen-bond acceptors (Lipinski definition) is 4. The molecule has 0 heterocycles. The van der Waals surface area contributed by atoms with Gasteiger partial charge in [0.25, 0.3) is 0 Å². The summed E-state index contributed by atoms with van der Waals surface area (Å²) in [5.41, 5.74) is 1.68. The average Bonchev–Trinajstić information content (AvgIpc) is 2.82. The van der Waals surface area contributed by atoms with E-state index >= 15 is 0 Å². The minimum Gasteiger partial charge on any atom is -0.463 e. The first-order valence-electron chi connectivity index (χ1n) is 12.0. The van der Waals surface area contributed by atoms with Crippen LogP contribution in [0.25, 0.3) is 0 Å². The molecule has 0 fully saturated rings. The zero-order chi connectivity index (χ0) is 26.1. The third-order valence-electron chi connectivity index (χ3n) is 6.35. The Morgan fingerprint density at radius 2 is 1.60 bits per heavy atom. The normalized spacial score (nSPS) is 13.9. The van der Waals surface area contributed by atoms with E-state index in [0.717, 1.165) is 11.1 Å². The highest BCUT2D eigenvalue weighted by Crippen LogP contribution is 2.37. The Hall–Kier alpha value is -2.41. The Kier molecular flexibility index (Phi) is 10.7. The van der Waals surface area contributed by atoms with Crippen LogP contribution in [0, 0.1) is 0 Å². The van der Waals surface area contributed by atoms with Crippen molar-refractivity contribution in [2.75, 3.05) is 13.2 Å². The second-order valence-corrected chi connectivity index (χ2v) is 15.2. The molecule has 2 rings (SSSR count). The summed E-state index contributed by atoms with van der Waals surface area (Å²) >= 11 is 6.70. The number of ether oxygens (including phenoxy) is 1. The van der Waals surface area contributed by atoms with Gasteiger partial charge in [-0.25, -0.2) is 4.79 Å². The lowest BCUT2D eigenvalue weighted by atomic mass is 10.1. The lowest BCUT2D eigenvalue weighted by Crippen LogP contribution is -2.48. The van der Waals surface area contributed by atoms with Crippen molar-refractivity contribution in [3.63, 3.8) is 0 Å². The molecule has 1 amide bonds. The molecular weight excluding hydrogens is 478 g/mol. The van der Waals surface area contributed by atoms with Gasteiger partial charge in [-0.1, -0.05) is 87.5 Å². The summed E-state index contributed by atoms with van der Waals surface area (Å²) in [7, 11) is -2.12. The van der Waals surface area contributed by atoms with E-state index < -0.39 is 25.7 Å². The predicted molar refractivity (Wildman–Crippen MR) is 145 cm³/mol. The van der Waals surface area contributed by atoms with Crippen LogP contribution in [0.3, 0.4) is 0 Å². The van der Waals surface area contributed by atoms with E-state index in [0.29, 0.717) is 6.54 Å². The van der Waals surface area contributed by atoms with Gasteiger partial charge in [0, 0.05) is 12.6 Å². The molecule has 35 heavy (non-hydrogen) atoms. The van der Waals surface area contributed by atoms with Gasteiger partial charge in [-0.05, 0) is 36.2 Å². The molecule has 0 aromatic heterocycles. The van der Waals surface area contributed by atoms with E-state index in [1.165, 1.54) is 6.08 Å². The number of halogens is 1. The number of carbonyl (C=O) groups is 2. The molecule has 0 saturated heterocycles. The first kappa shape index (κ1) is 28.8. The minimum atomic E-state index is -2.12. The number of benzene rings is 2. The lowest BCUT2D eigenvalue weighted by Gasteiger charge is -2.39. The van der Waals surface area contributed by atoms with Gasteiger partial charge in [0.05, 0.1) is 19.3 Å². The quantitative estimate of drug-likeness (QED) is 0.148. The van der Waals surface area contributed by atoms with Crippen LogP contribution in [0.1, 0.15) is 44.2 Å². The highest BCUT2D eigenvalue weighted by Gasteiger charge is 2.38. The molecule has 5 nitrogen and oxygen atoms in total. The molecule has 0 aliphatic rings. The Labute approximate surface area is 216 Å². The molecule has 0 aliphatic heterocycles. The van der Waals surface area contributed by atoms with Crippen LogP contribution in [0.4, 0.5) is 0 Å². The summed E-state index contributed by atoms with van der Waals surface area (Å²) in [6, 6.07) is 18.5. The molecule has 0 spiro atoms. The standard InChI is InChI=1S/C28H38ClNO4Si/c1-7-33-25(31)19-18-24(21-34-35(5,6)28(2,3)4)30(20-22-14-10-8-11-15-22)27(32)26(29)23-16-12-9-13-17-23/h8-19,24,26H,7,20-21H2,1-6H3/b19-18-. The van der Waals surface area contributed by atoms with Crippen molar-refractivity contribution >= 4 is 31.8 Å². The summed E-state index contributed by atoms with van der Waals surface area (Å²) in [5, 5.41) is -0.873. The SMILES string of the molecule is CCOC(=O)/C=C\C(CO[Si](C)(C)C(C)(C)C)N(Cc1ccccc1)C(=O)C(Cl)c1ccccc1. The highest BCUT2D eigenvalue weighted by molar-refractivity contribution is 6.74. The fourth-order valence-corrected chi connectivity index (χ4v) is 4.48. The van der Waals surface area contributed by atoms with E-state index in [-0.39, 0.29) is 24.2 Å². The third-order valence-corrected chi connectivity index (χ3v) is 11.3. The predicted octanol–water partition coefficient (Wildman–Crippen LogP) is 6.51. The van der Waals surface area contributed by atoms with Crippen molar-refractivity contribution < 1.29 is 18.8 Å². The third kappa shape index (κ3) is 8.64. The monoisotopic (exact) mass is 515 g/mol. The number of carbonyl (C=O) groups excluding carboxylic acids is 2. The molecule has 7 heteroatoms. The van der Waals surface area contributed by atoms with E-state index in [4.69, 9.17) is 20.8 Å². The molecule has 2 aromatic carbocycles. The van der Waals surface area contributed by atoms with Crippen LogP contribution < -0.4 is 0 Å². The Balaban J connectivity index is 2.44. The second kappa shape index (κ2) is 13.0. The maximum atomic E-state index is 13.8. The summed E-state index contributed by atoms with van der Waals surface area (Å²) in [5.74, 6) is -0.707. The highest BCUT2D eigenvalue weighted by atomic mass is 35.5. The molecule has 0 N–H and O–H groups in total. The summed E-state index contributed by atoms with van der Waals surface area (Å²) < 4.78 is 11.6. The summed E-state index contributed by atoms with van der Waals surface area (Å²) in [4.78, 5) is 27.6. The fourth-order valence-electron chi connectivity index (χ4n) is 3.19. The maximum absolute atomic E-state index is 13.8. The average molecular weight is 516 g/mol. The van der Waals surface area contributed by atoms with E-state index in [9.17, 15) is 9.59 Å². The number of hydrogen-bond donors (Lipinski definition) is 0. The number of esters is 1. The van der Waals surface area contributed by atoms with E-state index in [2.05, 4.69) is 33.9 Å². The van der Waals surface area contributed by atoms with Gasteiger partial charge in [-0.3, -0.25) is 4.79 Å². The molecule has 2 aromatic rings. The number of rotatable bonds is 11. The van der Waals surface area contributed by atoms with Crippen LogP contribution >= 0.6 is 11.6 Å². The summed E-state index contributed by atoms with van der Waals surface area (Å²) in [6.07, 6.45) is 3.07. The summed E-state index contributed by atoms with van der Waals surface area (Å²) in [6.45, 7) is 13.4. The topological polar surface area (TPSA) is 55.8 Å². The van der Waals surface area contributed by atoms with Gasteiger partial charge in [0.2, 0.25) is 5.91 Å². The molecule has 0 saturated carbocycles. The zero-order valence-electron chi connectivity index (χ0n) is 21.7. The van der Waals surface area contributed by atoms with Gasteiger partial charge in [-0.2, -0.15) is 0 Å². The first-order chi connectivity index (χ1) is 16.5. The Morgan fingerprint density at radius 3 is 2.14 bits per heavy atom. The number of amides is 1. The van der Waals surface area contributed by atoms with Gasteiger partial charge >= 0.3 is 5.97 Å². The van der Waals surface area contributed by atoms with Crippen LogP contribution in [0.2, 0.25) is 18.1 Å². The second-order valence-electron chi connectivity index (χ2n) is 9.97. The molecule has 0 aliphatic carbocycles. The molecule has 2 unspecified atom stereocenters. The largest absolute Gasteiger partial charge is 0.463 e. The minimum absolute atomic E-state index is 0.00423. The van der Waals surface area contributed by atoms with Gasteiger partial charge < -0.3 is 14.1 Å². The fraction of sp³-hybridized carbons (Fsp3) is 0.429. The number of nitrogens with zero attached hydrogens (tertiary/aromatic N) is 1. The molecule has 190 valence electrons. The maximum Gasteiger partial charge on any atom is 0.330 e. The van der Waals surface area contributed by atoms with Gasteiger partial charge in [-0.15, -0.1) is 11.6 Å². The lowest BCUT2D eigenvalue weighted by molar-refractivity contribution is -0.137. The van der Waals surface area contributed by atoms with Gasteiger partial charge in [0.15, 0.2) is 8.32 Å². The van der Waals surface area contributed by atoms with E-state index in [1.807, 2.05) is 60.7 Å². The van der Waals surface area contributed by atoms with Crippen LogP contribution in [-0.4, -0.2) is 44.3 Å². The van der Waals surface area contributed by atoms with Crippen LogP contribution in [0.5, 0.6) is 0 Å². The smallest absolute Gasteiger partial charge is 0.330 e. The van der Waals surface area contributed by atoms with E-state index in [1.54, 1.807) is 17.9 Å². The molecular formula is C28H38ClNO4Si. The van der Waals surface area contributed by atoms with Crippen molar-refractivity contribution in [3.8, 4) is 0 Å². The zero-order valence-corrected chi connectivity index (χ0v) is 23.4. The van der Waals surface area contributed by atoms with Crippen molar-refractivity contribution in [1.82, 2.24) is 4.90 Å². The van der Waals surface area contributed by atoms with Crippen molar-refractivity contribution in [1.29, 1.82) is 0 Å². The molecule has 0 radical (unpaired) electrons. The van der Waals surface area contributed by atoms with Crippen LogP contribution in [0.15, 0.2) is 72.8 Å². The first-order valence-corrected chi connectivity index (χ1v) is 15.3. The van der Waals surface area contributed by atoms with Gasteiger partial charge in [0.1, 0.15) is 5.38 Å². The van der Waals surface area contributed by atoms with Crippen molar-refractivity contribution in [2.45, 2.75) is 63.8 Å². The Morgan fingerprint density at radius 1 is 1.03 bits per heavy atom. The van der Waals surface area contributed by atoms with Crippen molar-refractivity contribution in [3.05, 3.63) is 83.9 Å². The number of alkyl halides is 1. The molecule has 0 bridgehead atoms. The Bertz CT molecular complexity index is 973.